The molecule has 0 unspecified atom stereocenters. The SMILES string of the molecule is C=C/C(=C\C=C/C)NC(=O)CC. The zero-order valence-corrected chi connectivity index (χ0v) is 7.63. The van der Waals surface area contributed by atoms with Crippen LogP contribution in [-0.4, -0.2) is 5.91 Å². The van der Waals surface area contributed by atoms with Gasteiger partial charge in [0.2, 0.25) is 5.91 Å². The lowest BCUT2D eigenvalue weighted by molar-refractivity contribution is -0.120. The number of allylic oxidation sites excluding steroid dienone is 4. The number of hydrogen-bond acceptors (Lipinski definition) is 1. The normalized spacial score (nSPS) is 11.7. The Morgan fingerprint density at radius 1 is 1.58 bits per heavy atom. The minimum atomic E-state index is 0.00523. The minimum absolute atomic E-state index is 0.00523. The first-order chi connectivity index (χ1) is 5.74. The van der Waals surface area contributed by atoms with Crippen LogP contribution in [0.15, 0.2) is 36.6 Å². The number of nitrogens with one attached hydrogen (secondary N) is 1. The molecule has 0 radical (unpaired) electrons. The monoisotopic (exact) mass is 165 g/mol. The molecule has 0 aromatic carbocycles. The molecule has 0 rings (SSSR count). The van der Waals surface area contributed by atoms with Crippen molar-refractivity contribution in [3.8, 4) is 0 Å². The van der Waals surface area contributed by atoms with Gasteiger partial charge in [-0.3, -0.25) is 4.79 Å². The third kappa shape index (κ3) is 4.50. The highest BCUT2D eigenvalue weighted by Crippen LogP contribution is 1.92. The van der Waals surface area contributed by atoms with Gasteiger partial charge in [-0.05, 0) is 19.1 Å². The predicted molar refractivity (Wildman–Crippen MR) is 51.5 cm³/mol. The Kier molecular flexibility index (Phi) is 5.70. The average molecular weight is 165 g/mol. The van der Waals surface area contributed by atoms with Gasteiger partial charge in [0.05, 0.1) is 0 Å². The smallest absolute Gasteiger partial charge is 0.224 e. The van der Waals surface area contributed by atoms with E-state index in [1.54, 1.807) is 12.2 Å². The van der Waals surface area contributed by atoms with E-state index < -0.39 is 0 Å². The maximum Gasteiger partial charge on any atom is 0.224 e. The van der Waals surface area contributed by atoms with Crippen LogP contribution in [0.5, 0.6) is 0 Å². The van der Waals surface area contributed by atoms with E-state index >= 15 is 0 Å². The lowest BCUT2D eigenvalue weighted by Crippen LogP contribution is -2.20. The molecule has 0 aliphatic carbocycles. The van der Waals surface area contributed by atoms with Crippen molar-refractivity contribution >= 4 is 5.91 Å². The van der Waals surface area contributed by atoms with Gasteiger partial charge < -0.3 is 5.32 Å². The first kappa shape index (κ1) is 10.7. The summed E-state index contributed by atoms with van der Waals surface area (Å²) in [6, 6.07) is 0. The Hall–Kier alpha value is -1.31. The molecule has 1 N–H and O–H groups in total. The molecule has 0 saturated heterocycles. The summed E-state index contributed by atoms with van der Waals surface area (Å²) in [5, 5.41) is 2.70. The van der Waals surface area contributed by atoms with E-state index in [2.05, 4.69) is 11.9 Å². The second-order valence-corrected chi connectivity index (χ2v) is 2.25. The summed E-state index contributed by atoms with van der Waals surface area (Å²) in [5.74, 6) is 0.00523. The minimum Gasteiger partial charge on any atom is -0.326 e. The van der Waals surface area contributed by atoms with Crippen molar-refractivity contribution in [1.82, 2.24) is 5.32 Å². The molecule has 12 heavy (non-hydrogen) atoms. The van der Waals surface area contributed by atoms with Gasteiger partial charge in [0.1, 0.15) is 0 Å². The van der Waals surface area contributed by atoms with E-state index in [4.69, 9.17) is 0 Å². The highest BCUT2D eigenvalue weighted by atomic mass is 16.1. The van der Waals surface area contributed by atoms with Gasteiger partial charge in [-0.1, -0.05) is 25.7 Å². The molecule has 0 spiro atoms. The van der Waals surface area contributed by atoms with E-state index in [9.17, 15) is 4.79 Å². The zero-order valence-electron chi connectivity index (χ0n) is 7.63. The Morgan fingerprint density at radius 3 is 2.67 bits per heavy atom. The number of carbonyl (C=O) groups excluding carboxylic acids is 1. The molecule has 1 amide bonds. The van der Waals surface area contributed by atoms with E-state index in [0.717, 1.165) is 5.70 Å². The maximum atomic E-state index is 10.9. The molecule has 0 aliphatic rings. The predicted octanol–water partition coefficient (Wildman–Crippen LogP) is 2.16. The number of rotatable bonds is 4. The fourth-order valence-corrected chi connectivity index (χ4v) is 0.610. The van der Waals surface area contributed by atoms with E-state index in [1.165, 1.54) is 0 Å². The van der Waals surface area contributed by atoms with Crippen LogP contribution in [-0.2, 0) is 4.79 Å². The van der Waals surface area contributed by atoms with Gasteiger partial charge in [0.15, 0.2) is 0 Å². The van der Waals surface area contributed by atoms with Gasteiger partial charge in [-0.25, -0.2) is 0 Å². The largest absolute Gasteiger partial charge is 0.326 e. The van der Waals surface area contributed by atoms with Gasteiger partial charge in [-0.2, -0.15) is 0 Å². The van der Waals surface area contributed by atoms with Crippen LogP contribution in [0.2, 0.25) is 0 Å². The van der Waals surface area contributed by atoms with Crippen molar-refractivity contribution in [2.24, 2.45) is 0 Å². The van der Waals surface area contributed by atoms with Gasteiger partial charge >= 0.3 is 0 Å². The molecule has 0 saturated carbocycles. The molecule has 0 aromatic rings. The molecule has 0 fully saturated rings. The Bertz CT molecular complexity index is 214. The van der Waals surface area contributed by atoms with Crippen molar-refractivity contribution in [1.29, 1.82) is 0 Å². The van der Waals surface area contributed by atoms with E-state index in [-0.39, 0.29) is 5.91 Å². The van der Waals surface area contributed by atoms with Crippen LogP contribution in [0, 0.1) is 0 Å². The third-order valence-corrected chi connectivity index (χ3v) is 1.29. The number of amides is 1. The van der Waals surface area contributed by atoms with E-state index in [0.29, 0.717) is 6.42 Å². The molecule has 0 atom stereocenters. The van der Waals surface area contributed by atoms with Crippen molar-refractivity contribution in [3.63, 3.8) is 0 Å². The standard InChI is InChI=1S/C10H15NO/c1-4-7-8-9(5-2)11-10(12)6-3/h4-5,7-8H,2,6H2,1,3H3,(H,11,12)/b7-4-,9-8+. The highest BCUT2D eigenvalue weighted by molar-refractivity contribution is 5.77. The molecule has 66 valence electrons. The maximum absolute atomic E-state index is 10.9. The average Bonchev–Trinajstić information content (AvgIpc) is 2.11. The lowest BCUT2D eigenvalue weighted by Gasteiger charge is -2.01. The summed E-state index contributed by atoms with van der Waals surface area (Å²) in [5.41, 5.74) is 0.736. The van der Waals surface area contributed by atoms with Crippen LogP contribution in [0.25, 0.3) is 0 Å². The molecule has 0 heterocycles. The van der Waals surface area contributed by atoms with Crippen LogP contribution in [0.3, 0.4) is 0 Å². The topological polar surface area (TPSA) is 29.1 Å². The summed E-state index contributed by atoms with van der Waals surface area (Å²) in [4.78, 5) is 10.9. The van der Waals surface area contributed by atoms with Crippen molar-refractivity contribution < 1.29 is 4.79 Å². The van der Waals surface area contributed by atoms with Crippen molar-refractivity contribution in [2.75, 3.05) is 0 Å². The fourth-order valence-electron chi connectivity index (χ4n) is 0.610. The summed E-state index contributed by atoms with van der Waals surface area (Å²) < 4.78 is 0. The molecule has 0 aromatic heterocycles. The summed E-state index contributed by atoms with van der Waals surface area (Å²) in [6.07, 6.45) is 7.66. The third-order valence-electron chi connectivity index (χ3n) is 1.29. The summed E-state index contributed by atoms with van der Waals surface area (Å²) in [7, 11) is 0. The zero-order chi connectivity index (χ0) is 9.40. The Morgan fingerprint density at radius 2 is 2.25 bits per heavy atom. The van der Waals surface area contributed by atoms with Crippen LogP contribution in [0.1, 0.15) is 20.3 Å². The molecular formula is C10H15NO. The van der Waals surface area contributed by atoms with Crippen molar-refractivity contribution in [2.45, 2.75) is 20.3 Å². The molecule has 2 nitrogen and oxygen atoms in total. The van der Waals surface area contributed by atoms with Gasteiger partial charge in [0.25, 0.3) is 0 Å². The van der Waals surface area contributed by atoms with Gasteiger partial charge in [-0.15, -0.1) is 0 Å². The molecule has 2 heteroatoms. The van der Waals surface area contributed by atoms with Crippen LogP contribution in [0.4, 0.5) is 0 Å². The first-order valence-corrected chi connectivity index (χ1v) is 3.99. The highest BCUT2D eigenvalue weighted by Gasteiger charge is 1.95. The second kappa shape index (κ2) is 6.40. The van der Waals surface area contributed by atoms with Crippen LogP contribution < -0.4 is 5.32 Å². The molecule has 0 bridgehead atoms. The number of hydrogen-bond donors (Lipinski definition) is 1. The number of carbonyl (C=O) groups is 1. The molecular weight excluding hydrogens is 150 g/mol. The van der Waals surface area contributed by atoms with Gasteiger partial charge in [0, 0.05) is 12.1 Å². The molecule has 0 aliphatic heterocycles. The fraction of sp³-hybridized carbons (Fsp3) is 0.300. The first-order valence-electron chi connectivity index (χ1n) is 3.99. The lowest BCUT2D eigenvalue weighted by atomic mass is 10.3. The summed E-state index contributed by atoms with van der Waals surface area (Å²) in [6.45, 7) is 7.31. The van der Waals surface area contributed by atoms with Crippen LogP contribution >= 0.6 is 0 Å². The van der Waals surface area contributed by atoms with Crippen molar-refractivity contribution in [3.05, 3.63) is 36.6 Å². The second-order valence-electron chi connectivity index (χ2n) is 2.25. The summed E-state index contributed by atoms with van der Waals surface area (Å²) >= 11 is 0. The quantitative estimate of drug-likeness (QED) is 0.635. The van der Waals surface area contributed by atoms with E-state index in [1.807, 2.05) is 26.0 Å². The Balaban J connectivity index is 4.17. The Labute approximate surface area is 73.7 Å².